The average Bonchev–Trinajstić information content (AvgIpc) is 2.87. The van der Waals surface area contributed by atoms with Gasteiger partial charge in [-0.1, -0.05) is 5.21 Å². The summed E-state index contributed by atoms with van der Waals surface area (Å²) in [4.78, 5) is 34.5. The van der Waals surface area contributed by atoms with E-state index in [0.717, 1.165) is 0 Å². The minimum Gasteiger partial charge on any atom is -0.476 e. The molecule has 10 heteroatoms. The molecule has 0 aromatic carbocycles. The summed E-state index contributed by atoms with van der Waals surface area (Å²) >= 11 is 0. The number of carbonyl (C=O) groups excluding carboxylic acids is 2. The fourth-order valence-corrected chi connectivity index (χ4v) is 1.28. The number of aromatic nitrogens is 3. The normalized spacial score (nSPS) is 9.90. The first-order valence-electron chi connectivity index (χ1n) is 5.77. The van der Waals surface area contributed by atoms with E-state index >= 15 is 0 Å². The number of amides is 3. The molecule has 0 bridgehead atoms. The smallest absolute Gasteiger partial charge is 0.358 e. The molecule has 0 unspecified atom stereocenters. The quantitative estimate of drug-likeness (QED) is 0.574. The number of likely N-dealkylation sites (N-methyl/N-ethyl adjacent to an activating group) is 2. The van der Waals surface area contributed by atoms with Gasteiger partial charge in [0.05, 0.1) is 12.7 Å². The van der Waals surface area contributed by atoms with Gasteiger partial charge >= 0.3 is 12.0 Å². The van der Waals surface area contributed by atoms with Crippen molar-refractivity contribution in [1.29, 1.82) is 0 Å². The van der Waals surface area contributed by atoms with Crippen molar-refractivity contribution in [2.45, 2.75) is 6.54 Å². The van der Waals surface area contributed by atoms with Crippen LogP contribution in [0.25, 0.3) is 0 Å². The van der Waals surface area contributed by atoms with Gasteiger partial charge in [-0.25, -0.2) is 14.3 Å². The topological polar surface area (TPSA) is 129 Å². The highest BCUT2D eigenvalue weighted by Gasteiger charge is 2.12. The first kappa shape index (κ1) is 15.4. The predicted molar refractivity (Wildman–Crippen MR) is 67.1 cm³/mol. The minimum absolute atomic E-state index is 0.0468. The van der Waals surface area contributed by atoms with Gasteiger partial charge in [0.25, 0.3) is 0 Å². The molecule has 3 amide bonds. The van der Waals surface area contributed by atoms with Gasteiger partial charge in [-0.05, 0) is 0 Å². The molecule has 0 aliphatic rings. The second kappa shape index (κ2) is 7.07. The Morgan fingerprint density at radius 1 is 1.45 bits per heavy atom. The van der Waals surface area contributed by atoms with E-state index in [-0.39, 0.29) is 31.2 Å². The molecule has 0 aliphatic carbocycles. The molecule has 1 aromatic rings. The molecule has 1 heterocycles. The van der Waals surface area contributed by atoms with Crippen molar-refractivity contribution in [1.82, 2.24) is 30.5 Å². The molecule has 1 aromatic heterocycles. The van der Waals surface area contributed by atoms with Crippen LogP contribution in [0.1, 0.15) is 10.5 Å². The average molecular weight is 284 g/mol. The summed E-state index contributed by atoms with van der Waals surface area (Å²) in [7, 11) is 2.97. The predicted octanol–water partition coefficient (Wildman–Crippen LogP) is -1.64. The second-order valence-electron chi connectivity index (χ2n) is 3.93. The van der Waals surface area contributed by atoms with Crippen LogP contribution in [-0.2, 0) is 11.3 Å². The third kappa shape index (κ3) is 4.55. The molecule has 110 valence electrons. The molecular formula is C10H16N6O4. The molecule has 0 radical (unpaired) electrons. The lowest BCUT2D eigenvalue weighted by Crippen LogP contribution is -2.43. The Hall–Kier alpha value is -2.65. The van der Waals surface area contributed by atoms with Gasteiger partial charge in [-0.2, -0.15) is 0 Å². The number of urea groups is 1. The van der Waals surface area contributed by atoms with E-state index in [1.54, 1.807) is 0 Å². The number of aromatic carboxylic acids is 1. The Kier molecular flexibility index (Phi) is 5.44. The number of carbonyl (C=O) groups is 3. The number of nitrogens with zero attached hydrogens (tertiary/aromatic N) is 4. The first-order valence-corrected chi connectivity index (χ1v) is 5.77. The van der Waals surface area contributed by atoms with Crippen molar-refractivity contribution in [3.05, 3.63) is 11.9 Å². The Bertz CT molecular complexity index is 500. The van der Waals surface area contributed by atoms with Crippen LogP contribution in [0.3, 0.4) is 0 Å². The van der Waals surface area contributed by atoms with Gasteiger partial charge < -0.3 is 20.6 Å². The molecular weight excluding hydrogens is 268 g/mol. The summed E-state index contributed by atoms with van der Waals surface area (Å²) in [5.74, 6) is -1.43. The molecule has 0 fully saturated rings. The van der Waals surface area contributed by atoms with E-state index in [0.29, 0.717) is 0 Å². The summed E-state index contributed by atoms with van der Waals surface area (Å²) in [6.07, 6.45) is 1.27. The van der Waals surface area contributed by atoms with Crippen molar-refractivity contribution in [3.8, 4) is 0 Å². The molecule has 3 N–H and O–H groups in total. The number of hydrogen-bond donors (Lipinski definition) is 3. The standard InChI is InChI=1S/C10H16N6O4/c1-11-8(17)6-15(2)10(20)12-3-4-16-5-7(9(18)19)13-14-16/h5H,3-4,6H2,1-2H3,(H,11,17)(H,12,20)(H,18,19). The molecule has 0 saturated heterocycles. The molecule has 10 nitrogen and oxygen atoms in total. The summed E-state index contributed by atoms with van der Waals surface area (Å²) in [6, 6.07) is -0.410. The Labute approximate surface area is 114 Å². The zero-order valence-electron chi connectivity index (χ0n) is 11.2. The largest absolute Gasteiger partial charge is 0.476 e. The summed E-state index contributed by atoms with van der Waals surface area (Å²) in [5, 5.41) is 20.7. The summed E-state index contributed by atoms with van der Waals surface area (Å²) in [5.41, 5.74) is -0.159. The van der Waals surface area contributed by atoms with Crippen molar-refractivity contribution in [3.63, 3.8) is 0 Å². The Morgan fingerprint density at radius 2 is 2.15 bits per heavy atom. The highest BCUT2D eigenvalue weighted by Crippen LogP contribution is 1.92. The lowest BCUT2D eigenvalue weighted by Gasteiger charge is -2.16. The van der Waals surface area contributed by atoms with Crippen LogP contribution in [0.5, 0.6) is 0 Å². The third-order valence-electron chi connectivity index (χ3n) is 2.38. The molecule has 0 aliphatic heterocycles. The molecule has 20 heavy (non-hydrogen) atoms. The van der Waals surface area contributed by atoms with Crippen LogP contribution >= 0.6 is 0 Å². The van der Waals surface area contributed by atoms with E-state index in [2.05, 4.69) is 20.9 Å². The van der Waals surface area contributed by atoms with E-state index in [1.165, 1.54) is 29.9 Å². The number of rotatable bonds is 6. The molecule has 1 rings (SSSR count). The molecule has 0 spiro atoms. The van der Waals surface area contributed by atoms with Crippen molar-refractivity contribution >= 4 is 17.9 Å². The number of hydrogen-bond acceptors (Lipinski definition) is 5. The minimum atomic E-state index is -1.16. The van der Waals surface area contributed by atoms with Gasteiger partial charge in [0.1, 0.15) is 6.54 Å². The third-order valence-corrected chi connectivity index (χ3v) is 2.38. The van der Waals surface area contributed by atoms with E-state index < -0.39 is 12.0 Å². The van der Waals surface area contributed by atoms with Crippen LogP contribution < -0.4 is 10.6 Å². The van der Waals surface area contributed by atoms with Gasteiger partial charge in [-0.15, -0.1) is 5.10 Å². The maximum absolute atomic E-state index is 11.6. The van der Waals surface area contributed by atoms with Crippen LogP contribution in [0.4, 0.5) is 4.79 Å². The van der Waals surface area contributed by atoms with Crippen LogP contribution in [0.15, 0.2) is 6.20 Å². The summed E-state index contributed by atoms with van der Waals surface area (Å²) < 4.78 is 1.31. The highest BCUT2D eigenvalue weighted by molar-refractivity contribution is 5.84. The fourth-order valence-electron chi connectivity index (χ4n) is 1.28. The summed E-state index contributed by atoms with van der Waals surface area (Å²) in [6.45, 7) is 0.466. The van der Waals surface area contributed by atoms with Gasteiger partial charge in [0.15, 0.2) is 5.69 Å². The molecule has 0 saturated carbocycles. The van der Waals surface area contributed by atoms with E-state index in [4.69, 9.17) is 5.11 Å². The van der Waals surface area contributed by atoms with Crippen molar-refractivity contribution in [2.24, 2.45) is 0 Å². The van der Waals surface area contributed by atoms with Gasteiger partial charge in [0, 0.05) is 20.6 Å². The first-order chi connectivity index (χ1) is 9.43. The lowest BCUT2D eigenvalue weighted by atomic mass is 10.5. The number of nitrogens with one attached hydrogen (secondary N) is 2. The second-order valence-corrected chi connectivity index (χ2v) is 3.93. The van der Waals surface area contributed by atoms with E-state index in [1.807, 2.05) is 0 Å². The number of carboxylic acid groups (broad SMARTS) is 1. The molecule has 0 atom stereocenters. The van der Waals surface area contributed by atoms with Crippen molar-refractivity contribution < 1.29 is 19.5 Å². The maximum Gasteiger partial charge on any atom is 0.358 e. The Balaban J connectivity index is 2.34. The maximum atomic E-state index is 11.6. The van der Waals surface area contributed by atoms with Gasteiger partial charge in [-0.3, -0.25) is 4.79 Å². The zero-order valence-corrected chi connectivity index (χ0v) is 11.2. The SMILES string of the molecule is CNC(=O)CN(C)C(=O)NCCn1cc(C(=O)O)nn1. The lowest BCUT2D eigenvalue weighted by molar-refractivity contribution is -0.120. The van der Waals surface area contributed by atoms with Crippen molar-refractivity contribution in [2.75, 3.05) is 27.2 Å². The fraction of sp³-hybridized carbons (Fsp3) is 0.500. The van der Waals surface area contributed by atoms with Crippen LogP contribution in [-0.4, -0.2) is 70.1 Å². The monoisotopic (exact) mass is 284 g/mol. The van der Waals surface area contributed by atoms with Crippen LogP contribution in [0.2, 0.25) is 0 Å². The zero-order chi connectivity index (χ0) is 15.1. The van der Waals surface area contributed by atoms with E-state index in [9.17, 15) is 14.4 Å². The van der Waals surface area contributed by atoms with Crippen LogP contribution in [0, 0.1) is 0 Å². The van der Waals surface area contributed by atoms with Gasteiger partial charge in [0.2, 0.25) is 5.91 Å². The Morgan fingerprint density at radius 3 is 2.70 bits per heavy atom. The highest BCUT2D eigenvalue weighted by atomic mass is 16.4. The number of carboxylic acids is 1.